The van der Waals surface area contributed by atoms with Crippen molar-refractivity contribution in [2.75, 3.05) is 6.61 Å². The Balaban J connectivity index is 2.54. The lowest BCUT2D eigenvalue weighted by Gasteiger charge is -2.11. The number of carboxylic acid groups (broad SMARTS) is 1. The second kappa shape index (κ2) is 6.56. The number of hydrogen-bond acceptors (Lipinski definition) is 2. The average molecular weight is 346 g/mol. The van der Waals surface area contributed by atoms with Crippen LogP contribution >= 0.6 is 34.8 Å². The molecule has 110 valence electrons. The van der Waals surface area contributed by atoms with Crippen molar-refractivity contribution in [3.05, 3.63) is 51.0 Å². The van der Waals surface area contributed by atoms with Crippen molar-refractivity contribution in [1.29, 1.82) is 0 Å². The molecule has 0 aromatic heterocycles. The molecule has 0 heterocycles. The summed E-state index contributed by atoms with van der Waals surface area (Å²) in [6, 6.07) is 7.91. The lowest BCUT2D eigenvalue weighted by atomic mass is 10.0. The molecule has 2 aromatic rings. The van der Waals surface area contributed by atoms with E-state index in [0.29, 0.717) is 33.5 Å². The van der Waals surface area contributed by atoms with Crippen LogP contribution in [0.3, 0.4) is 0 Å². The SMILES string of the molecule is CCOc1cc(Cl)c(-c2ccc(Cl)c(C(=O)O)c2)cc1Cl. The molecular weight excluding hydrogens is 335 g/mol. The third-order valence-electron chi connectivity index (χ3n) is 2.83. The van der Waals surface area contributed by atoms with Gasteiger partial charge in [-0.1, -0.05) is 40.9 Å². The van der Waals surface area contributed by atoms with Crippen molar-refractivity contribution < 1.29 is 14.6 Å². The highest BCUT2D eigenvalue weighted by atomic mass is 35.5. The number of carbonyl (C=O) groups is 1. The number of hydrogen-bond donors (Lipinski definition) is 1. The van der Waals surface area contributed by atoms with E-state index < -0.39 is 5.97 Å². The average Bonchev–Trinajstić information content (AvgIpc) is 2.43. The standard InChI is InChI=1S/C15H11Cl3O3/c1-2-21-14-7-12(17)9(6-13(14)18)8-3-4-11(16)10(5-8)15(19)20/h3-7H,2H2,1H3,(H,19,20). The fraction of sp³-hybridized carbons (Fsp3) is 0.133. The van der Waals surface area contributed by atoms with Gasteiger partial charge in [0.1, 0.15) is 5.75 Å². The van der Waals surface area contributed by atoms with Crippen LogP contribution in [0, 0.1) is 0 Å². The molecule has 2 rings (SSSR count). The van der Waals surface area contributed by atoms with Gasteiger partial charge in [-0.2, -0.15) is 0 Å². The van der Waals surface area contributed by atoms with Gasteiger partial charge in [0.2, 0.25) is 0 Å². The Labute approximate surface area is 137 Å². The molecular formula is C15H11Cl3O3. The van der Waals surface area contributed by atoms with Gasteiger partial charge in [-0.3, -0.25) is 0 Å². The third-order valence-corrected chi connectivity index (χ3v) is 3.77. The summed E-state index contributed by atoms with van der Waals surface area (Å²) in [5.41, 5.74) is 1.24. The number of rotatable bonds is 4. The number of benzene rings is 2. The molecule has 1 N–H and O–H groups in total. The first kappa shape index (κ1) is 16.0. The molecule has 0 bridgehead atoms. The smallest absolute Gasteiger partial charge is 0.337 e. The summed E-state index contributed by atoms with van der Waals surface area (Å²) in [6.45, 7) is 2.32. The Hall–Kier alpha value is -1.42. The highest BCUT2D eigenvalue weighted by Crippen LogP contribution is 2.37. The maximum Gasteiger partial charge on any atom is 0.337 e. The molecule has 0 saturated carbocycles. The Bertz CT molecular complexity index is 699. The Kier molecular flexibility index (Phi) is 4.99. The van der Waals surface area contributed by atoms with Crippen molar-refractivity contribution >= 4 is 40.8 Å². The zero-order valence-corrected chi connectivity index (χ0v) is 13.3. The van der Waals surface area contributed by atoms with Crippen LogP contribution in [0.25, 0.3) is 11.1 Å². The van der Waals surface area contributed by atoms with Gasteiger partial charge in [-0.05, 0) is 30.7 Å². The quantitative estimate of drug-likeness (QED) is 0.805. The van der Waals surface area contributed by atoms with E-state index in [1.165, 1.54) is 12.1 Å². The molecule has 0 aliphatic rings. The van der Waals surface area contributed by atoms with Crippen LogP contribution in [-0.4, -0.2) is 17.7 Å². The summed E-state index contributed by atoms with van der Waals surface area (Å²) in [7, 11) is 0. The second-order valence-corrected chi connectivity index (χ2v) is 5.42. The van der Waals surface area contributed by atoms with E-state index in [4.69, 9.17) is 44.6 Å². The van der Waals surface area contributed by atoms with Crippen LogP contribution in [0.1, 0.15) is 17.3 Å². The summed E-state index contributed by atoms with van der Waals surface area (Å²) >= 11 is 18.2. The minimum absolute atomic E-state index is 0.00948. The van der Waals surface area contributed by atoms with E-state index in [0.717, 1.165) is 0 Å². The van der Waals surface area contributed by atoms with Gasteiger partial charge in [0.25, 0.3) is 0 Å². The Morgan fingerprint density at radius 2 is 1.81 bits per heavy atom. The molecule has 0 saturated heterocycles. The number of ether oxygens (including phenoxy) is 1. The lowest BCUT2D eigenvalue weighted by molar-refractivity contribution is 0.0697. The predicted molar refractivity (Wildman–Crippen MR) is 85.0 cm³/mol. The first-order valence-electron chi connectivity index (χ1n) is 6.09. The summed E-state index contributed by atoms with van der Waals surface area (Å²) in [5.74, 6) is -0.615. The second-order valence-electron chi connectivity index (χ2n) is 4.20. The van der Waals surface area contributed by atoms with E-state index in [1.54, 1.807) is 18.2 Å². The van der Waals surface area contributed by atoms with Crippen LogP contribution in [0.15, 0.2) is 30.3 Å². The van der Waals surface area contributed by atoms with Crippen molar-refractivity contribution in [2.45, 2.75) is 6.92 Å². The maximum absolute atomic E-state index is 11.1. The molecule has 2 aromatic carbocycles. The zero-order chi connectivity index (χ0) is 15.6. The van der Waals surface area contributed by atoms with Crippen LogP contribution < -0.4 is 4.74 Å². The first-order valence-corrected chi connectivity index (χ1v) is 7.22. The molecule has 0 radical (unpaired) electrons. The molecule has 3 nitrogen and oxygen atoms in total. The predicted octanol–water partition coefficient (Wildman–Crippen LogP) is 5.41. The highest BCUT2D eigenvalue weighted by Gasteiger charge is 2.14. The van der Waals surface area contributed by atoms with Crippen LogP contribution in [0.2, 0.25) is 15.1 Å². The van der Waals surface area contributed by atoms with Gasteiger partial charge in [-0.25, -0.2) is 4.79 Å². The van der Waals surface area contributed by atoms with Crippen molar-refractivity contribution in [1.82, 2.24) is 0 Å². The third kappa shape index (κ3) is 3.43. The van der Waals surface area contributed by atoms with Gasteiger partial charge in [0.05, 0.1) is 27.2 Å². The largest absolute Gasteiger partial charge is 0.492 e. The van der Waals surface area contributed by atoms with Gasteiger partial charge in [0, 0.05) is 11.6 Å². The van der Waals surface area contributed by atoms with E-state index in [1.807, 2.05) is 6.92 Å². The molecule has 6 heteroatoms. The molecule has 0 fully saturated rings. The summed E-state index contributed by atoms with van der Waals surface area (Å²) in [4.78, 5) is 11.1. The van der Waals surface area contributed by atoms with E-state index in [-0.39, 0.29) is 10.6 Å². The van der Waals surface area contributed by atoms with E-state index in [2.05, 4.69) is 0 Å². The topological polar surface area (TPSA) is 46.5 Å². The molecule has 0 atom stereocenters. The van der Waals surface area contributed by atoms with Crippen molar-refractivity contribution in [3.63, 3.8) is 0 Å². The first-order chi connectivity index (χ1) is 9.93. The number of aromatic carboxylic acids is 1. The zero-order valence-electron chi connectivity index (χ0n) is 11.0. The normalized spacial score (nSPS) is 10.5. The minimum Gasteiger partial charge on any atom is -0.492 e. The molecule has 0 spiro atoms. The van der Waals surface area contributed by atoms with E-state index in [9.17, 15) is 4.79 Å². The van der Waals surface area contributed by atoms with Gasteiger partial charge in [0.15, 0.2) is 0 Å². The molecule has 0 amide bonds. The summed E-state index contributed by atoms with van der Waals surface area (Å²) < 4.78 is 5.36. The molecule has 0 unspecified atom stereocenters. The molecule has 0 aliphatic carbocycles. The van der Waals surface area contributed by atoms with Crippen LogP contribution in [0.5, 0.6) is 5.75 Å². The monoisotopic (exact) mass is 344 g/mol. The highest BCUT2D eigenvalue weighted by molar-refractivity contribution is 6.36. The fourth-order valence-electron chi connectivity index (χ4n) is 1.87. The van der Waals surface area contributed by atoms with Crippen LogP contribution in [-0.2, 0) is 0 Å². The van der Waals surface area contributed by atoms with Crippen LogP contribution in [0.4, 0.5) is 0 Å². The number of halogens is 3. The van der Waals surface area contributed by atoms with E-state index >= 15 is 0 Å². The number of carboxylic acids is 1. The van der Waals surface area contributed by atoms with Gasteiger partial charge in [-0.15, -0.1) is 0 Å². The minimum atomic E-state index is -1.10. The Morgan fingerprint density at radius 3 is 2.43 bits per heavy atom. The molecule has 0 aliphatic heterocycles. The van der Waals surface area contributed by atoms with Gasteiger partial charge < -0.3 is 9.84 Å². The van der Waals surface area contributed by atoms with Gasteiger partial charge >= 0.3 is 5.97 Å². The molecule has 21 heavy (non-hydrogen) atoms. The van der Waals surface area contributed by atoms with Crippen molar-refractivity contribution in [2.24, 2.45) is 0 Å². The summed E-state index contributed by atoms with van der Waals surface area (Å²) in [6.07, 6.45) is 0. The lowest BCUT2D eigenvalue weighted by Crippen LogP contribution is -1.98. The maximum atomic E-state index is 11.1. The fourth-order valence-corrected chi connectivity index (χ4v) is 2.55. The van der Waals surface area contributed by atoms with Crippen molar-refractivity contribution in [3.8, 4) is 16.9 Å². The Morgan fingerprint density at radius 1 is 1.10 bits per heavy atom. The summed E-state index contributed by atoms with van der Waals surface area (Å²) in [5, 5.41) is 10.1.